The fraction of sp³-hybridized carbons (Fsp3) is 0.571. The number of hydrogen-bond acceptors (Lipinski definition) is 2. The Hall–Kier alpha value is -0.930. The summed E-state index contributed by atoms with van der Waals surface area (Å²) < 4.78 is 19.1. The van der Waals surface area contributed by atoms with Crippen molar-refractivity contribution in [2.45, 2.75) is 45.9 Å². The van der Waals surface area contributed by atoms with Gasteiger partial charge in [-0.2, -0.15) is 0 Å². The molecule has 0 saturated carbocycles. The number of hydrogen-bond donors (Lipinski definition) is 1. The Kier molecular flexibility index (Phi) is 6.16. The minimum absolute atomic E-state index is 0.0829. The quantitative estimate of drug-likeness (QED) is 0.789. The van der Waals surface area contributed by atoms with E-state index in [0.29, 0.717) is 18.2 Å². The summed E-state index contributed by atoms with van der Waals surface area (Å²) in [5.74, 6) is -0.198. The fourth-order valence-corrected chi connectivity index (χ4v) is 1.86. The number of nitrogens with one attached hydrogen (secondary N) is 1. The third-order valence-corrected chi connectivity index (χ3v) is 2.93. The van der Waals surface area contributed by atoms with Crippen LogP contribution in [0.5, 0.6) is 0 Å². The van der Waals surface area contributed by atoms with Crippen molar-refractivity contribution in [1.82, 2.24) is 5.32 Å². The van der Waals surface area contributed by atoms with Crippen molar-refractivity contribution in [3.05, 3.63) is 35.6 Å². The fourth-order valence-electron chi connectivity index (χ4n) is 1.86. The first-order valence-corrected chi connectivity index (χ1v) is 6.27. The molecule has 0 bridgehead atoms. The molecule has 17 heavy (non-hydrogen) atoms. The zero-order valence-electron chi connectivity index (χ0n) is 10.9. The first-order valence-electron chi connectivity index (χ1n) is 6.27. The van der Waals surface area contributed by atoms with Crippen LogP contribution in [-0.4, -0.2) is 18.7 Å². The lowest BCUT2D eigenvalue weighted by atomic mass is 10.1. The number of rotatable bonds is 7. The molecule has 0 aliphatic carbocycles. The van der Waals surface area contributed by atoms with E-state index in [9.17, 15) is 4.39 Å². The van der Waals surface area contributed by atoms with Crippen molar-refractivity contribution >= 4 is 0 Å². The van der Waals surface area contributed by atoms with E-state index in [2.05, 4.69) is 19.2 Å². The van der Waals surface area contributed by atoms with Crippen LogP contribution in [0.1, 0.15) is 32.8 Å². The van der Waals surface area contributed by atoms with Gasteiger partial charge in [0, 0.05) is 11.6 Å². The van der Waals surface area contributed by atoms with Gasteiger partial charge >= 0.3 is 0 Å². The monoisotopic (exact) mass is 239 g/mol. The van der Waals surface area contributed by atoms with Gasteiger partial charge in [0.15, 0.2) is 0 Å². The number of ether oxygens (including phenoxy) is 1. The Morgan fingerprint density at radius 1 is 1.29 bits per heavy atom. The largest absolute Gasteiger partial charge is 0.372 e. The third kappa shape index (κ3) is 4.44. The molecule has 0 amide bonds. The lowest BCUT2D eigenvalue weighted by molar-refractivity contribution is 0.0251. The van der Waals surface area contributed by atoms with E-state index in [-0.39, 0.29) is 11.9 Å². The summed E-state index contributed by atoms with van der Waals surface area (Å²) in [5, 5.41) is 3.36. The highest BCUT2D eigenvalue weighted by molar-refractivity contribution is 5.16. The highest BCUT2D eigenvalue weighted by atomic mass is 19.1. The maximum absolute atomic E-state index is 13.4. The smallest absolute Gasteiger partial charge is 0.128 e. The molecule has 0 saturated heterocycles. The van der Waals surface area contributed by atoms with Crippen LogP contribution in [0.15, 0.2) is 24.3 Å². The first-order chi connectivity index (χ1) is 8.19. The summed E-state index contributed by atoms with van der Waals surface area (Å²) in [4.78, 5) is 0. The minimum atomic E-state index is -0.198. The average molecular weight is 239 g/mol. The van der Waals surface area contributed by atoms with Crippen LogP contribution < -0.4 is 5.32 Å². The van der Waals surface area contributed by atoms with Crippen LogP contribution >= 0.6 is 0 Å². The number of likely N-dealkylation sites (N-methyl/N-ethyl adjacent to an activating group) is 1. The first kappa shape index (κ1) is 14.1. The van der Waals surface area contributed by atoms with Crippen LogP contribution in [0.2, 0.25) is 0 Å². The second kappa shape index (κ2) is 7.41. The molecule has 2 nitrogen and oxygen atoms in total. The molecule has 0 aromatic heterocycles. The number of halogens is 1. The topological polar surface area (TPSA) is 21.3 Å². The summed E-state index contributed by atoms with van der Waals surface area (Å²) in [6, 6.07) is 7.07. The summed E-state index contributed by atoms with van der Waals surface area (Å²) in [5.41, 5.74) is 0.616. The summed E-state index contributed by atoms with van der Waals surface area (Å²) >= 11 is 0. The van der Waals surface area contributed by atoms with Gasteiger partial charge in [-0.25, -0.2) is 4.39 Å². The van der Waals surface area contributed by atoms with Gasteiger partial charge in [0.2, 0.25) is 0 Å². The predicted molar refractivity (Wildman–Crippen MR) is 68.4 cm³/mol. The second-order valence-corrected chi connectivity index (χ2v) is 4.18. The Morgan fingerprint density at radius 3 is 2.59 bits per heavy atom. The normalized spacial score (nSPS) is 14.6. The zero-order chi connectivity index (χ0) is 12.7. The minimum Gasteiger partial charge on any atom is -0.372 e. The lowest BCUT2D eigenvalue weighted by Crippen LogP contribution is -2.39. The molecule has 1 rings (SSSR count). The molecular weight excluding hydrogens is 217 g/mol. The van der Waals surface area contributed by atoms with Gasteiger partial charge in [-0.05, 0) is 26.0 Å². The molecule has 0 aliphatic heterocycles. The molecule has 0 spiro atoms. The lowest BCUT2D eigenvalue weighted by Gasteiger charge is -2.23. The summed E-state index contributed by atoms with van der Waals surface area (Å²) in [6.07, 6.45) is 1.09. The molecule has 1 aromatic rings. The van der Waals surface area contributed by atoms with Gasteiger partial charge in [-0.15, -0.1) is 0 Å². The van der Waals surface area contributed by atoms with E-state index in [1.807, 2.05) is 13.0 Å². The van der Waals surface area contributed by atoms with Gasteiger partial charge in [0.1, 0.15) is 5.82 Å². The molecule has 1 N–H and O–H groups in total. The van der Waals surface area contributed by atoms with E-state index in [0.717, 1.165) is 13.0 Å². The average Bonchev–Trinajstić information content (AvgIpc) is 2.34. The van der Waals surface area contributed by atoms with Crippen molar-refractivity contribution in [3.8, 4) is 0 Å². The molecule has 2 unspecified atom stereocenters. The van der Waals surface area contributed by atoms with Crippen molar-refractivity contribution in [2.24, 2.45) is 0 Å². The second-order valence-electron chi connectivity index (χ2n) is 4.18. The van der Waals surface area contributed by atoms with Gasteiger partial charge in [-0.3, -0.25) is 0 Å². The molecule has 1 aromatic carbocycles. The van der Waals surface area contributed by atoms with E-state index in [1.54, 1.807) is 12.1 Å². The van der Waals surface area contributed by atoms with Gasteiger partial charge < -0.3 is 10.1 Å². The molecule has 96 valence electrons. The Bertz CT molecular complexity index is 330. The summed E-state index contributed by atoms with van der Waals surface area (Å²) in [6.45, 7) is 7.47. The van der Waals surface area contributed by atoms with Crippen LogP contribution in [0.3, 0.4) is 0 Å². The van der Waals surface area contributed by atoms with Gasteiger partial charge in [0.25, 0.3) is 0 Å². The highest BCUT2D eigenvalue weighted by Gasteiger charge is 2.15. The van der Waals surface area contributed by atoms with E-state index >= 15 is 0 Å². The van der Waals surface area contributed by atoms with Gasteiger partial charge in [-0.1, -0.05) is 32.0 Å². The van der Waals surface area contributed by atoms with Crippen molar-refractivity contribution in [3.63, 3.8) is 0 Å². The van der Waals surface area contributed by atoms with Crippen molar-refractivity contribution in [1.29, 1.82) is 0 Å². The maximum atomic E-state index is 13.4. The molecule has 0 aliphatic rings. The van der Waals surface area contributed by atoms with Crippen LogP contribution in [-0.2, 0) is 11.3 Å². The molecule has 0 heterocycles. The zero-order valence-corrected chi connectivity index (χ0v) is 10.9. The third-order valence-electron chi connectivity index (χ3n) is 2.93. The SMILES string of the molecule is CCNC(CC)C(C)OCc1ccccc1F. The highest BCUT2D eigenvalue weighted by Crippen LogP contribution is 2.11. The Balaban J connectivity index is 2.47. The van der Waals surface area contributed by atoms with Gasteiger partial charge in [0.05, 0.1) is 12.7 Å². The molecular formula is C14H22FNO. The Labute approximate surface area is 103 Å². The van der Waals surface area contributed by atoms with Crippen LogP contribution in [0, 0.1) is 5.82 Å². The van der Waals surface area contributed by atoms with E-state index in [4.69, 9.17) is 4.74 Å². The van der Waals surface area contributed by atoms with Crippen molar-refractivity contribution < 1.29 is 9.13 Å². The maximum Gasteiger partial charge on any atom is 0.128 e. The Morgan fingerprint density at radius 2 is 2.00 bits per heavy atom. The number of benzene rings is 1. The molecule has 0 fully saturated rings. The van der Waals surface area contributed by atoms with Crippen LogP contribution in [0.25, 0.3) is 0 Å². The van der Waals surface area contributed by atoms with Crippen molar-refractivity contribution in [2.75, 3.05) is 6.54 Å². The van der Waals surface area contributed by atoms with Crippen LogP contribution in [0.4, 0.5) is 4.39 Å². The molecule has 0 radical (unpaired) electrons. The standard InChI is InChI=1S/C14H22FNO/c1-4-14(16-5-2)11(3)17-10-12-8-6-7-9-13(12)15/h6-9,11,14,16H,4-5,10H2,1-3H3. The predicted octanol–water partition coefficient (Wildman–Crippen LogP) is 3.12. The molecule has 2 atom stereocenters. The molecule has 3 heteroatoms. The summed E-state index contributed by atoms with van der Waals surface area (Å²) in [7, 11) is 0. The van der Waals surface area contributed by atoms with E-state index in [1.165, 1.54) is 6.07 Å². The van der Waals surface area contributed by atoms with E-state index < -0.39 is 0 Å².